The van der Waals surface area contributed by atoms with E-state index in [4.69, 9.17) is 4.74 Å². The van der Waals surface area contributed by atoms with Crippen molar-refractivity contribution in [3.8, 4) is 0 Å². The monoisotopic (exact) mass is 220 g/mol. The third-order valence-corrected chi connectivity index (χ3v) is 2.42. The van der Waals surface area contributed by atoms with E-state index < -0.39 is 11.8 Å². The molecule has 16 heavy (non-hydrogen) atoms. The SMILES string of the molecule is CC[C@H](C)COC(=O)C(=O)c1ccccc1. The highest BCUT2D eigenvalue weighted by Gasteiger charge is 2.17. The average molecular weight is 220 g/mol. The first-order valence-corrected chi connectivity index (χ1v) is 5.41. The van der Waals surface area contributed by atoms with Crippen LogP contribution in [-0.2, 0) is 9.53 Å². The fourth-order valence-corrected chi connectivity index (χ4v) is 1.11. The zero-order valence-electron chi connectivity index (χ0n) is 9.60. The number of carbonyl (C=O) groups excluding carboxylic acids is 2. The Hall–Kier alpha value is -1.64. The van der Waals surface area contributed by atoms with E-state index in [0.717, 1.165) is 6.42 Å². The van der Waals surface area contributed by atoms with E-state index in [1.807, 2.05) is 13.8 Å². The van der Waals surface area contributed by atoms with Crippen molar-refractivity contribution in [1.82, 2.24) is 0 Å². The van der Waals surface area contributed by atoms with E-state index in [-0.39, 0.29) is 5.92 Å². The maximum atomic E-state index is 11.6. The quantitative estimate of drug-likeness (QED) is 0.435. The molecule has 1 atom stereocenters. The maximum Gasteiger partial charge on any atom is 0.379 e. The molecule has 3 nitrogen and oxygen atoms in total. The Bertz CT molecular complexity index is 357. The largest absolute Gasteiger partial charge is 0.459 e. The van der Waals surface area contributed by atoms with E-state index in [2.05, 4.69) is 0 Å². The summed E-state index contributed by atoms with van der Waals surface area (Å²) in [6.45, 7) is 4.28. The number of benzene rings is 1. The summed E-state index contributed by atoms with van der Waals surface area (Å²) in [7, 11) is 0. The van der Waals surface area contributed by atoms with E-state index in [1.54, 1.807) is 30.3 Å². The van der Waals surface area contributed by atoms with Crippen LogP contribution in [0.5, 0.6) is 0 Å². The lowest BCUT2D eigenvalue weighted by atomic mass is 10.1. The van der Waals surface area contributed by atoms with Crippen LogP contribution in [0.3, 0.4) is 0 Å². The zero-order chi connectivity index (χ0) is 12.0. The molecule has 0 aliphatic heterocycles. The molecular formula is C13H16O3. The second-order valence-corrected chi connectivity index (χ2v) is 3.81. The minimum atomic E-state index is -0.772. The molecule has 0 saturated heterocycles. The molecule has 0 N–H and O–H groups in total. The van der Waals surface area contributed by atoms with Crippen LogP contribution in [0.2, 0.25) is 0 Å². The van der Waals surface area contributed by atoms with Gasteiger partial charge in [-0.25, -0.2) is 4.79 Å². The molecular weight excluding hydrogens is 204 g/mol. The Morgan fingerprint density at radius 1 is 1.25 bits per heavy atom. The Kier molecular flexibility index (Phi) is 4.70. The predicted octanol–water partition coefficient (Wildman–Crippen LogP) is 2.46. The van der Waals surface area contributed by atoms with Gasteiger partial charge in [0.2, 0.25) is 0 Å². The second kappa shape index (κ2) is 6.05. The highest BCUT2D eigenvalue weighted by atomic mass is 16.5. The fraction of sp³-hybridized carbons (Fsp3) is 0.385. The topological polar surface area (TPSA) is 43.4 Å². The summed E-state index contributed by atoms with van der Waals surface area (Å²) >= 11 is 0. The summed E-state index contributed by atoms with van der Waals surface area (Å²) in [6.07, 6.45) is 0.923. The molecule has 0 unspecified atom stereocenters. The smallest absolute Gasteiger partial charge is 0.379 e. The Balaban J connectivity index is 2.52. The normalized spacial score (nSPS) is 11.9. The van der Waals surface area contributed by atoms with Gasteiger partial charge in [-0.3, -0.25) is 4.79 Å². The minimum Gasteiger partial charge on any atom is -0.459 e. The molecule has 1 rings (SSSR count). The zero-order valence-corrected chi connectivity index (χ0v) is 9.60. The van der Waals surface area contributed by atoms with Gasteiger partial charge < -0.3 is 4.74 Å². The van der Waals surface area contributed by atoms with Crippen LogP contribution in [-0.4, -0.2) is 18.4 Å². The lowest BCUT2D eigenvalue weighted by Gasteiger charge is -2.08. The van der Waals surface area contributed by atoms with Crippen LogP contribution in [0.15, 0.2) is 30.3 Å². The highest BCUT2D eigenvalue weighted by Crippen LogP contribution is 2.04. The Labute approximate surface area is 95.4 Å². The molecule has 0 aromatic heterocycles. The number of hydrogen-bond donors (Lipinski definition) is 0. The van der Waals surface area contributed by atoms with Gasteiger partial charge in [-0.05, 0) is 5.92 Å². The lowest BCUT2D eigenvalue weighted by Crippen LogP contribution is -2.20. The molecule has 0 saturated carbocycles. The van der Waals surface area contributed by atoms with Gasteiger partial charge >= 0.3 is 5.97 Å². The summed E-state index contributed by atoms with van der Waals surface area (Å²) in [5, 5.41) is 0. The molecule has 1 aromatic rings. The standard InChI is InChI=1S/C13H16O3/c1-3-10(2)9-16-13(15)12(14)11-7-5-4-6-8-11/h4-8,10H,3,9H2,1-2H3/t10-/m0/s1. The van der Waals surface area contributed by atoms with E-state index in [0.29, 0.717) is 12.2 Å². The number of esters is 1. The molecule has 86 valence electrons. The third-order valence-electron chi connectivity index (χ3n) is 2.42. The third kappa shape index (κ3) is 3.50. The molecule has 3 heteroatoms. The van der Waals surface area contributed by atoms with Gasteiger partial charge in [-0.2, -0.15) is 0 Å². The van der Waals surface area contributed by atoms with Gasteiger partial charge in [0.05, 0.1) is 6.61 Å². The average Bonchev–Trinajstić information content (AvgIpc) is 2.35. The van der Waals surface area contributed by atoms with Crippen molar-refractivity contribution in [1.29, 1.82) is 0 Å². The number of rotatable bonds is 5. The molecule has 0 fully saturated rings. The van der Waals surface area contributed by atoms with Crippen molar-refractivity contribution in [2.24, 2.45) is 5.92 Å². The molecule has 0 aliphatic carbocycles. The van der Waals surface area contributed by atoms with Gasteiger partial charge in [0.1, 0.15) is 0 Å². The summed E-state index contributed by atoms with van der Waals surface area (Å²) in [6, 6.07) is 8.44. The number of ether oxygens (including phenoxy) is 1. The highest BCUT2D eigenvalue weighted by molar-refractivity contribution is 6.40. The molecule has 0 spiro atoms. The maximum absolute atomic E-state index is 11.6. The van der Waals surface area contributed by atoms with Crippen LogP contribution >= 0.6 is 0 Å². The molecule has 0 radical (unpaired) electrons. The molecule has 0 bridgehead atoms. The van der Waals surface area contributed by atoms with Crippen LogP contribution < -0.4 is 0 Å². The van der Waals surface area contributed by atoms with Crippen molar-refractivity contribution in [2.45, 2.75) is 20.3 Å². The lowest BCUT2D eigenvalue weighted by molar-refractivity contribution is -0.139. The molecule has 1 aromatic carbocycles. The second-order valence-electron chi connectivity index (χ2n) is 3.81. The van der Waals surface area contributed by atoms with Crippen LogP contribution in [0, 0.1) is 5.92 Å². The summed E-state index contributed by atoms with van der Waals surface area (Å²) in [5.41, 5.74) is 0.372. The first-order valence-electron chi connectivity index (χ1n) is 5.41. The first-order chi connectivity index (χ1) is 7.65. The van der Waals surface area contributed by atoms with Gasteiger partial charge in [-0.15, -0.1) is 0 Å². The van der Waals surface area contributed by atoms with Crippen LogP contribution in [0.4, 0.5) is 0 Å². The van der Waals surface area contributed by atoms with Gasteiger partial charge in [0, 0.05) is 5.56 Å². The first kappa shape index (κ1) is 12.4. The fourth-order valence-electron chi connectivity index (χ4n) is 1.11. The van der Waals surface area contributed by atoms with Crippen molar-refractivity contribution in [3.63, 3.8) is 0 Å². The molecule has 0 heterocycles. The summed E-state index contributed by atoms with van der Waals surface area (Å²) in [5.74, 6) is -1.07. The van der Waals surface area contributed by atoms with Crippen LogP contribution in [0.1, 0.15) is 30.6 Å². The molecule has 0 aliphatic rings. The van der Waals surface area contributed by atoms with E-state index in [9.17, 15) is 9.59 Å². The Morgan fingerprint density at radius 3 is 2.44 bits per heavy atom. The minimum absolute atomic E-state index is 0.285. The number of carbonyl (C=O) groups is 2. The van der Waals surface area contributed by atoms with Crippen molar-refractivity contribution >= 4 is 11.8 Å². The van der Waals surface area contributed by atoms with Gasteiger partial charge in [-0.1, -0.05) is 50.6 Å². The number of hydrogen-bond acceptors (Lipinski definition) is 3. The van der Waals surface area contributed by atoms with Crippen LogP contribution in [0.25, 0.3) is 0 Å². The molecule has 0 amide bonds. The Morgan fingerprint density at radius 2 is 1.88 bits per heavy atom. The van der Waals surface area contributed by atoms with E-state index >= 15 is 0 Å². The van der Waals surface area contributed by atoms with Gasteiger partial charge in [0.25, 0.3) is 5.78 Å². The van der Waals surface area contributed by atoms with Crippen molar-refractivity contribution in [3.05, 3.63) is 35.9 Å². The van der Waals surface area contributed by atoms with Crippen molar-refractivity contribution in [2.75, 3.05) is 6.61 Å². The van der Waals surface area contributed by atoms with Gasteiger partial charge in [0.15, 0.2) is 0 Å². The van der Waals surface area contributed by atoms with Crippen molar-refractivity contribution < 1.29 is 14.3 Å². The summed E-state index contributed by atoms with van der Waals surface area (Å²) < 4.78 is 4.92. The number of ketones is 1. The number of Topliss-reactive ketones (excluding diaryl/α,β-unsaturated/α-hetero) is 1. The summed E-state index contributed by atoms with van der Waals surface area (Å²) in [4.78, 5) is 23.0. The van der Waals surface area contributed by atoms with E-state index in [1.165, 1.54) is 0 Å². The predicted molar refractivity (Wildman–Crippen MR) is 61.2 cm³/mol.